The molecule has 0 radical (unpaired) electrons. The van der Waals surface area contributed by atoms with E-state index < -0.39 is 0 Å². The van der Waals surface area contributed by atoms with Gasteiger partial charge >= 0.3 is 0 Å². The summed E-state index contributed by atoms with van der Waals surface area (Å²) in [5, 5.41) is 0. The van der Waals surface area contributed by atoms with Gasteiger partial charge in [-0.15, -0.1) is 0 Å². The van der Waals surface area contributed by atoms with Crippen LogP contribution in [0.2, 0.25) is 0 Å². The fourth-order valence-electron chi connectivity index (χ4n) is 0.454. The zero-order valence-corrected chi connectivity index (χ0v) is 7.35. The molecule has 0 saturated heterocycles. The minimum absolute atomic E-state index is 0.229. The molecule has 0 aromatic carbocycles. The molecule has 0 atom stereocenters. The summed E-state index contributed by atoms with van der Waals surface area (Å²) in [6, 6.07) is 0. The predicted molar refractivity (Wildman–Crippen MR) is 46.2 cm³/mol. The maximum atomic E-state index is 10.2. The van der Waals surface area contributed by atoms with Gasteiger partial charge in [0.2, 0.25) is 5.91 Å². The Kier molecular flexibility index (Phi) is 4.75. The zero-order chi connectivity index (χ0) is 7.28. The highest BCUT2D eigenvalue weighted by atomic mass is 127. The molecule has 0 bridgehead atoms. The number of halogens is 1. The van der Waals surface area contributed by atoms with Crippen LogP contribution in [0.3, 0.4) is 0 Å². The van der Waals surface area contributed by atoms with Crippen molar-refractivity contribution < 1.29 is 4.79 Å². The smallest absolute Gasteiger partial charge is 0.217 e. The molecule has 52 valence electrons. The highest BCUT2D eigenvalue weighted by molar-refractivity contribution is 14.1. The number of amides is 1. The topological polar surface area (TPSA) is 43.1 Å². The molecule has 1 amide bonds. The lowest BCUT2D eigenvalue weighted by molar-refractivity contribution is -0.118. The second kappa shape index (κ2) is 4.78. The van der Waals surface area contributed by atoms with Gasteiger partial charge in [-0.1, -0.05) is 6.58 Å². The van der Waals surface area contributed by atoms with Crippen molar-refractivity contribution in [3.8, 4) is 0 Å². The molecule has 0 saturated carbocycles. The average Bonchev–Trinajstić information content (AvgIpc) is 1.63. The molecule has 0 spiro atoms. The first-order valence-corrected chi connectivity index (χ1v) is 3.82. The van der Waals surface area contributed by atoms with Gasteiger partial charge in [-0.3, -0.25) is 4.79 Å². The van der Waals surface area contributed by atoms with Gasteiger partial charge in [0.15, 0.2) is 0 Å². The van der Waals surface area contributed by atoms with Crippen molar-refractivity contribution in [1.82, 2.24) is 0 Å². The molecule has 0 unspecified atom stereocenters. The minimum Gasteiger partial charge on any atom is -0.370 e. The van der Waals surface area contributed by atoms with Crippen molar-refractivity contribution in [2.45, 2.75) is 19.3 Å². The Morgan fingerprint density at radius 1 is 1.56 bits per heavy atom. The van der Waals surface area contributed by atoms with E-state index in [2.05, 4.69) is 29.2 Å². The molecular formula is C6H10INO. The molecule has 2 nitrogen and oxygen atoms in total. The van der Waals surface area contributed by atoms with Crippen molar-refractivity contribution >= 4 is 28.5 Å². The quantitative estimate of drug-likeness (QED) is 0.743. The highest BCUT2D eigenvalue weighted by Crippen LogP contribution is 2.10. The van der Waals surface area contributed by atoms with Gasteiger partial charge in [-0.05, 0) is 39.0 Å². The summed E-state index contributed by atoms with van der Waals surface area (Å²) >= 11 is 2.14. The van der Waals surface area contributed by atoms with Gasteiger partial charge in [0.1, 0.15) is 0 Å². The molecular weight excluding hydrogens is 229 g/mol. The highest BCUT2D eigenvalue weighted by Gasteiger charge is 1.93. The van der Waals surface area contributed by atoms with E-state index in [0.717, 1.165) is 16.4 Å². The SMILES string of the molecule is C=C(I)CCCC(N)=O. The minimum atomic E-state index is -0.229. The third kappa shape index (κ3) is 7.94. The molecule has 0 fully saturated rings. The van der Waals surface area contributed by atoms with Crippen LogP contribution in [-0.2, 0) is 4.79 Å². The van der Waals surface area contributed by atoms with Crippen LogP contribution in [-0.4, -0.2) is 5.91 Å². The molecule has 0 aromatic heterocycles. The lowest BCUT2D eigenvalue weighted by Crippen LogP contribution is -2.09. The van der Waals surface area contributed by atoms with Crippen LogP contribution < -0.4 is 5.73 Å². The number of rotatable bonds is 4. The van der Waals surface area contributed by atoms with E-state index in [4.69, 9.17) is 5.73 Å². The molecule has 0 aromatic rings. The monoisotopic (exact) mass is 239 g/mol. The summed E-state index contributed by atoms with van der Waals surface area (Å²) < 4.78 is 1.08. The van der Waals surface area contributed by atoms with E-state index in [9.17, 15) is 4.79 Å². The maximum absolute atomic E-state index is 10.2. The lowest BCUT2D eigenvalue weighted by atomic mass is 10.2. The fraction of sp³-hybridized carbons (Fsp3) is 0.500. The number of primary amides is 1. The van der Waals surface area contributed by atoms with Crippen molar-refractivity contribution in [1.29, 1.82) is 0 Å². The van der Waals surface area contributed by atoms with E-state index >= 15 is 0 Å². The normalized spacial score (nSPS) is 9.00. The first-order valence-electron chi connectivity index (χ1n) is 2.74. The Hall–Kier alpha value is -0.0600. The van der Waals surface area contributed by atoms with Crippen molar-refractivity contribution in [3.63, 3.8) is 0 Å². The van der Waals surface area contributed by atoms with E-state index in [0.29, 0.717) is 6.42 Å². The molecule has 0 aliphatic heterocycles. The largest absolute Gasteiger partial charge is 0.370 e. The van der Waals surface area contributed by atoms with Gasteiger partial charge in [0.05, 0.1) is 0 Å². The average molecular weight is 239 g/mol. The van der Waals surface area contributed by atoms with Crippen molar-refractivity contribution in [3.05, 3.63) is 10.2 Å². The van der Waals surface area contributed by atoms with E-state index in [1.807, 2.05) is 0 Å². The van der Waals surface area contributed by atoms with Crippen LogP contribution in [0.4, 0.5) is 0 Å². The van der Waals surface area contributed by atoms with Crippen LogP contribution in [0, 0.1) is 0 Å². The van der Waals surface area contributed by atoms with E-state index in [1.165, 1.54) is 0 Å². The standard InChI is InChI=1S/C6H10INO/c1-5(7)3-2-4-6(8)9/h1-4H2,(H2,8,9). The first kappa shape index (κ1) is 8.94. The summed E-state index contributed by atoms with van der Waals surface area (Å²) in [6.07, 6.45) is 2.20. The maximum Gasteiger partial charge on any atom is 0.217 e. The van der Waals surface area contributed by atoms with Crippen LogP contribution in [0.25, 0.3) is 0 Å². The van der Waals surface area contributed by atoms with Gasteiger partial charge in [0.25, 0.3) is 0 Å². The van der Waals surface area contributed by atoms with Gasteiger partial charge in [-0.25, -0.2) is 0 Å². The van der Waals surface area contributed by atoms with Crippen LogP contribution in [0.5, 0.6) is 0 Å². The summed E-state index contributed by atoms with van der Waals surface area (Å²) in [5.74, 6) is -0.229. The lowest BCUT2D eigenvalue weighted by Gasteiger charge is -1.93. The van der Waals surface area contributed by atoms with E-state index in [-0.39, 0.29) is 5.91 Å². The molecule has 3 heteroatoms. The van der Waals surface area contributed by atoms with Crippen molar-refractivity contribution in [2.24, 2.45) is 5.73 Å². The van der Waals surface area contributed by atoms with Crippen molar-refractivity contribution in [2.75, 3.05) is 0 Å². The Morgan fingerprint density at radius 2 is 2.11 bits per heavy atom. The van der Waals surface area contributed by atoms with Gasteiger partial charge in [0, 0.05) is 6.42 Å². The predicted octanol–water partition coefficient (Wildman–Crippen LogP) is 1.59. The number of carbonyl (C=O) groups excluding carboxylic acids is 1. The first-order chi connectivity index (χ1) is 4.13. The fourth-order valence-corrected chi connectivity index (χ4v) is 0.836. The Balaban J connectivity index is 3.10. The third-order valence-corrected chi connectivity index (χ3v) is 1.41. The number of allylic oxidation sites excluding steroid dienone is 1. The Bertz CT molecular complexity index is 108. The molecule has 9 heavy (non-hydrogen) atoms. The molecule has 0 aliphatic carbocycles. The second-order valence-corrected chi connectivity index (χ2v) is 3.36. The Labute approximate surface area is 68.6 Å². The molecule has 0 rings (SSSR count). The number of nitrogens with two attached hydrogens (primary N) is 1. The number of hydrogen-bond donors (Lipinski definition) is 1. The summed E-state index contributed by atoms with van der Waals surface area (Å²) in [4.78, 5) is 10.2. The Morgan fingerprint density at radius 3 is 2.44 bits per heavy atom. The van der Waals surface area contributed by atoms with Gasteiger partial charge < -0.3 is 5.73 Å². The number of hydrogen-bond acceptors (Lipinski definition) is 1. The molecule has 0 aliphatic rings. The summed E-state index contributed by atoms with van der Waals surface area (Å²) in [5.41, 5.74) is 4.91. The zero-order valence-electron chi connectivity index (χ0n) is 5.19. The molecule has 0 heterocycles. The molecule has 2 N–H and O–H groups in total. The van der Waals surface area contributed by atoms with Crippen LogP contribution in [0.1, 0.15) is 19.3 Å². The van der Waals surface area contributed by atoms with Crippen LogP contribution in [0.15, 0.2) is 10.2 Å². The van der Waals surface area contributed by atoms with Gasteiger partial charge in [-0.2, -0.15) is 0 Å². The summed E-state index contributed by atoms with van der Waals surface area (Å²) in [7, 11) is 0. The van der Waals surface area contributed by atoms with E-state index in [1.54, 1.807) is 0 Å². The van der Waals surface area contributed by atoms with Crippen LogP contribution >= 0.6 is 22.6 Å². The number of carbonyl (C=O) groups is 1. The third-order valence-electron chi connectivity index (χ3n) is 0.871. The summed E-state index contributed by atoms with van der Waals surface area (Å²) in [6.45, 7) is 3.69. The second-order valence-electron chi connectivity index (χ2n) is 1.84.